The molecule has 11 unspecified atom stereocenters. The van der Waals surface area contributed by atoms with Gasteiger partial charge in [0.15, 0.2) is 6.23 Å². The number of nitrogens with zero attached hydrogens (tertiary/aromatic N) is 6. The molecule has 27 nitrogen and oxygen atoms in total. The van der Waals surface area contributed by atoms with Crippen LogP contribution in [-0.2, 0) is 68.7 Å². The number of allylic oxidation sites excluding steroid dienone is 6. The average Bonchev–Trinajstić information content (AvgIpc) is 1.53. The Kier molecular flexibility index (Phi) is 23.4. The van der Waals surface area contributed by atoms with Crippen molar-refractivity contribution in [2.24, 2.45) is 94.7 Å². The molecule has 501 valence electrons. The number of aliphatic imine (C=N–C) groups is 3. The van der Waals surface area contributed by atoms with Crippen LogP contribution in [0.1, 0.15) is 150 Å². The van der Waals surface area contributed by atoms with Gasteiger partial charge < -0.3 is 78.5 Å². The summed E-state index contributed by atoms with van der Waals surface area (Å²) >= 11 is 0. The Hall–Kier alpha value is -5.49. The number of carbonyl (C=O) groups is 7. The molecular formula is C62H88CoN13NaO14P-. The summed E-state index contributed by atoms with van der Waals surface area (Å²) in [5, 5.41) is 29.8. The molecule has 2 aromatic rings. The number of hydrogen-bond acceptors (Lipinski definition) is 18. The number of nitrogens with one attached hydrogen (secondary N) is 1. The van der Waals surface area contributed by atoms with Gasteiger partial charge in [-0.1, -0.05) is 40.7 Å². The van der Waals surface area contributed by atoms with Gasteiger partial charge in [-0.15, -0.1) is 5.70 Å². The molecule has 1 aromatic heterocycles. The van der Waals surface area contributed by atoms with Gasteiger partial charge in [0.25, 0.3) is 7.82 Å². The summed E-state index contributed by atoms with van der Waals surface area (Å²) in [4.78, 5) is 128. The number of benzene rings is 1. The van der Waals surface area contributed by atoms with Crippen LogP contribution in [0.25, 0.3) is 16.4 Å². The molecule has 6 aliphatic rings. The summed E-state index contributed by atoms with van der Waals surface area (Å²) in [6.07, 6.45) is -4.79. The van der Waals surface area contributed by atoms with Gasteiger partial charge in [0.1, 0.15) is 18.3 Å². The molecule has 15 N–H and O–H groups in total. The third-order valence-electron chi connectivity index (χ3n) is 20.5. The van der Waals surface area contributed by atoms with Crippen molar-refractivity contribution in [3.8, 4) is 0 Å². The van der Waals surface area contributed by atoms with Crippen LogP contribution >= 0.6 is 7.82 Å². The van der Waals surface area contributed by atoms with Gasteiger partial charge in [-0.25, -0.2) is 4.98 Å². The monoisotopic (exact) mass is 1350 g/mol. The van der Waals surface area contributed by atoms with Crippen molar-refractivity contribution >= 4 is 77.3 Å². The van der Waals surface area contributed by atoms with E-state index in [0.29, 0.717) is 56.4 Å². The minimum atomic E-state index is -5.32. The molecule has 1 aromatic carbocycles. The Morgan fingerprint density at radius 1 is 0.815 bits per heavy atom. The van der Waals surface area contributed by atoms with Crippen LogP contribution in [0.3, 0.4) is 0 Å². The molecule has 6 aliphatic heterocycles. The number of hydrogen-bond donors (Lipinski definition) is 9. The number of ether oxygens (including phenoxy) is 1. The first-order chi connectivity index (χ1) is 41.8. The van der Waals surface area contributed by atoms with Crippen molar-refractivity contribution in [3.05, 3.63) is 69.2 Å². The van der Waals surface area contributed by atoms with Gasteiger partial charge in [0.2, 0.25) is 41.4 Å². The Morgan fingerprint density at radius 2 is 1.40 bits per heavy atom. The Balaban J connectivity index is 0.00000672. The number of fused-ring (bicyclic) bond motifs is 7. The van der Waals surface area contributed by atoms with E-state index in [1.54, 1.807) is 6.92 Å². The topological polar surface area (TPSA) is 465 Å². The summed E-state index contributed by atoms with van der Waals surface area (Å²) in [7, 11) is -5.32. The molecule has 0 saturated carbocycles. The zero-order chi connectivity index (χ0) is 66.7. The molecule has 1 radical (unpaired) electrons. The largest absolute Gasteiger partial charge is 1.00 e. The zero-order valence-electron chi connectivity index (χ0n) is 54.5. The number of aliphatic hydroxyl groups excluding tert-OH is 2. The summed E-state index contributed by atoms with van der Waals surface area (Å²) in [6.45, 7) is 19.0. The van der Waals surface area contributed by atoms with Crippen molar-refractivity contribution in [2.75, 3.05) is 13.2 Å². The Labute approximate surface area is 568 Å². The number of imidazole rings is 1. The van der Waals surface area contributed by atoms with E-state index in [1.807, 2.05) is 80.5 Å². The van der Waals surface area contributed by atoms with Crippen molar-refractivity contribution in [3.63, 3.8) is 0 Å². The Morgan fingerprint density at radius 3 is 1.98 bits per heavy atom. The summed E-state index contributed by atoms with van der Waals surface area (Å²) in [5.74, 6) is -7.40. The minimum Gasteiger partial charge on any atom is -0.756 e. The number of rotatable bonds is 26. The van der Waals surface area contributed by atoms with Gasteiger partial charge in [0, 0.05) is 125 Å². The first-order valence-corrected chi connectivity index (χ1v) is 32.0. The summed E-state index contributed by atoms with van der Waals surface area (Å²) in [5.41, 5.74) is 36.7. The number of primary amides is 6. The van der Waals surface area contributed by atoms with E-state index in [1.165, 1.54) is 17.8 Å². The van der Waals surface area contributed by atoms with Gasteiger partial charge in [0.05, 0.1) is 41.7 Å². The van der Waals surface area contributed by atoms with Crippen LogP contribution in [-0.4, -0.2) is 127 Å². The average molecular weight is 1350 g/mol. The van der Waals surface area contributed by atoms with Crippen LogP contribution < -0.4 is 74.2 Å². The second-order valence-electron chi connectivity index (χ2n) is 27.0. The van der Waals surface area contributed by atoms with E-state index >= 15 is 0 Å². The molecule has 92 heavy (non-hydrogen) atoms. The van der Waals surface area contributed by atoms with Gasteiger partial charge in [-0.05, 0) is 113 Å². The summed E-state index contributed by atoms with van der Waals surface area (Å²) < 4.78 is 31.9. The number of aromatic nitrogens is 2. The molecule has 15 atom stereocenters. The normalized spacial score (nSPS) is 32.9. The first-order valence-electron chi connectivity index (χ1n) is 30.5. The van der Waals surface area contributed by atoms with E-state index in [2.05, 4.69) is 10.3 Å². The quantitative estimate of drug-likeness (QED) is 0.0452. The van der Waals surface area contributed by atoms with Crippen LogP contribution in [0.15, 0.2) is 67.8 Å². The number of aliphatic hydroxyl groups is 2. The predicted octanol–water partition coefficient (Wildman–Crippen LogP) is 0.317. The van der Waals surface area contributed by atoms with E-state index in [0.717, 1.165) is 11.1 Å². The van der Waals surface area contributed by atoms with Crippen molar-refractivity contribution < 1.29 is 113 Å². The summed E-state index contributed by atoms with van der Waals surface area (Å²) in [6, 6.07) is 2.65. The fraction of sp³-hybridized carbons (Fsp3) is 0.629. The molecule has 7 amide bonds. The van der Waals surface area contributed by atoms with E-state index in [-0.39, 0.29) is 124 Å². The maximum Gasteiger partial charge on any atom is 1.00 e. The van der Waals surface area contributed by atoms with E-state index < -0.39 is 143 Å². The smallest absolute Gasteiger partial charge is 0.756 e. The number of nitrogens with two attached hydrogens (primary N) is 6. The number of aryl methyl sites for hydroxylation is 2. The fourth-order valence-corrected chi connectivity index (χ4v) is 16.4. The second-order valence-corrected chi connectivity index (χ2v) is 28.3. The maximum absolute atomic E-state index is 14.4. The number of carbonyl (C=O) groups excluding carboxylic acids is 7. The molecule has 0 aliphatic carbocycles. The van der Waals surface area contributed by atoms with Crippen LogP contribution in [0.5, 0.6) is 0 Å². The number of phosphoric ester groups is 1. The zero-order valence-corrected chi connectivity index (χ0v) is 58.4. The van der Waals surface area contributed by atoms with E-state index in [9.17, 15) is 53.2 Å². The van der Waals surface area contributed by atoms with Crippen molar-refractivity contribution in [1.29, 1.82) is 0 Å². The third kappa shape index (κ3) is 14.5. The molecule has 0 spiro atoms. The minimum absolute atomic E-state index is 0. The van der Waals surface area contributed by atoms with Gasteiger partial charge in [-0.3, -0.25) is 53.1 Å². The SMILES string of the molecule is C/C1=C2/N=C(C=C3[N-]/C(=C(/C)C4=NC(C)(C5N=C1C(C)(CCC(=O)NCC(C)OP(=O)([O-])O[C@H]1[C@@H](O)[C@H](n6cnc7cc(C)c(C)cc76)O[C@@H]1CO)C5CC(N)=O)C(C)(CC(N)=O)C4CCC(N)=O)C(C)(CC(N)=O)C3CCC(N)=O)C(C)(C)C2CCC(N)=O.[Co].[Na+]. The first kappa shape index (κ1) is 75.5. The standard InChI is InChI=1S/C62H90N13O14P.Co.Na/c1-29-20-39-40(21-30(29)2)75(28-70-39)57-52(84)53(41(27-76)87-57)89-90(85,86)88-31(3)26-69-49(83)18-19-59(8)37(22-46(66)80)56-62(11)61(10,25-48(68)82)36(14-17-45(65)79)51(74-62)33(5)55-60(9,24-47(67)81)34(12-15-43(63)77)38(71-55)23-42-58(6,7)35(13-16-44(64)78)50(72-42)32(4)54(59)73-56;;/h20-21,23,28,31,34-37,41,52-53,56-57,76,84H,12-19,22,24-27H2,1-11H3,(H15,63,64,65,66,67,68,69,71,72,73,74,77,78,79,80,81,82,83,85,86);;/q;;+1/p-2/t31?,34?,35?,36?,37?,41-,52-,53-,56?,57-,59?,60?,61?,62?;;/m1../s1. The van der Waals surface area contributed by atoms with E-state index in [4.69, 9.17) is 68.5 Å². The molecule has 8 rings (SSSR count). The molecule has 8 bridgehead atoms. The molecule has 7 heterocycles. The van der Waals surface area contributed by atoms with Crippen LogP contribution in [0.4, 0.5) is 0 Å². The van der Waals surface area contributed by atoms with Gasteiger partial charge in [-0.2, -0.15) is 5.70 Å². The fourth-order valence-electron chi connectivity index (χ4n) is 15.3. The molecule has 2 saturated heterocycles. The molecule has 2 fully saturated rings. The van der Waals surface area contributed by atoms with Gasteiger partial charge >= 0.3 is 29.6 Å². The van der Waals surface area contributed by atoms with Crippen molar-refractivity contribution in [1.82, 2.24) is 14.9 Å². The molecular weight excluding hydrogens is 1260 g/mol. The van der Waals surface area contributed by atoms with Crippen molar-refractivity contribution in [2.45, 2.75) is 189 Å². The number of amides is 7. The van der Waals surface area contributed by atoms with Crippen LogP contribution in [0, 0.1) is 59.2 Å². The maximum atomic E-state index is 14.4. The molecule has 30 heteroatoms. The predicted molar refractivity (Wildman–Crippen MR) is 332 cm³/mol. The third-order valence-corrected chi connectivity index (χ3v) is 21.6. The second kappa shape index (κ2) is 28.4. The van der Waals surface area contributed by atoms with Crippen LogP contribution in [0.2, 0.25) is 0 Å². The number of phosphoric acid groups is 1. The Bertz CT molecular complexity index is 3550.